The molecule has 0 fully saturated rings. The Kier molecular flexibility index (Phi) is 7.76. The molecule has 0 bridgehead atoms. The number of aliphatic imine (C=N–C) groups is 1. The summed E-state index contributed by atoms with van der Waals surface area (Å²) in [6.45, 7) is 3.43. The van der Waals surface area contributed by atoms with E-state index in [4.69, 9.17) is 27.9 Å². The van der Waals surface area contributed by atoms with Crippen LogP contribution in [0.4, 0.5) is 5.69 Å². The van der Waals surface area contributed by atoms with Gasteiger partial charge in [-0.1, -0.05) is 41.4 Å². The molecule has 0 saturated heterocycles. The van der Waals surface area contributed by atoms with E-state index < -0.39 is 17.9 Å². The third kappa shape index (κ3) is 5.92. The van der Waals surface area contributed by atoms with E-state index in [9.17, 15) is 14.4 Å². The van der Waals surface area contributed by atoms with Crippen LogP contribution in [0.2, 0.25) is 10.0 Å². The molecule has 0 radical (unpaired) electrons. The van der Waals surface area contributed by atoms with E-state index in [-0.39, 0.29) is 28.1 Å². The van der Waals surface area contributed by atoms with Crippen molar-refractivity contribution in [3.63, 3.8) is 0 Å². The molecular formula is C20H18Cl2N2O4. The summed E-state index contributed by atoms with van der Waals surface area (Å²) in [5.41, 5.74) is 1.26. The number of halogens is 2. The Hall–Kier alpha value is -2.66. The van der Waals surface area contributed by atoms with Crippen LogP contribution in [0.25, 0.3) is 0 Å². The lowest BCUT2D eigenvalue weighted by Gasteiger charge is -2.20. The number of nitrogens with one attached hydrogen (secondary N) is 1. The van der Waals surface area contributed by atoms with Gasteiger partial charge in [0.25, 0.3) is 5.91 Å². The molecule has 8 heteroatoms. The largest absolute Gasteiger partial charge is 0.461 e. The second kappa shape index (κ2) is 10.0. The molecule has 0 aromatic heterocycles. The second-order valence-corrected chi connectivity index (χ2v) is 7.00. The molecule has 0 aliphatic heterocycles. The van der Waals surface area contributed by atoms with Crippen molar-refractivity contribution in [2.45, 2.75) is 32.4 Å². The molecular weight excluding hydrogens is 403 g/mol. The maximum atomic E-state index is 12.7. The van der Waals surface area contributed by atoms with E-state index in [0.29, 0.717) is 5.69 Å². The average Bonchev–Trinajstić information content (AvgIpc) is 2.62. The minimum Gasteiger partial charge on any atom is -0.461 e. The van der Waals surface area contributed by atoms with Crippen molar-refractivity contribution >= 4 is 46.8 Å². The zero-order chi connectivity index (χ0) is 20.7. The zero-order valence-corrected chi connectivity index (χ0v) is 16.8. The van der Waals surface area contributed by atoms with Gasteiger partial charge in [-0.05, 0) is 43.7 Å². The number of hydrogen-bond donors (Lipinski definition) is 1. The van der Waals surface area contributed by atoms with Crippen molar-refractivity contribution in [2.24, 2.45) is 4.99 Å². The summed E-state index contributed by atoms with van der Waals surface area (Å²) < 4.78 is 5.25. The molecule has 2 aromatic carbocycles. The Morgan fingerprint density at radius 1 is 1.11 bits per heavy atom. The minimum atomic E-state index is -0.956. The van der Waals surface area contributed by atoms with Crippen LogP contribution in [-0.4, -0.2) is 30.1 Å². The normalized spacial score (nSPS) is 11.5. The minimum absolute atomic E-state index is 0.0869. The lowest BCUT2D eigenvalue weighted by Crippen LogP contribution is -2.44. The number of isocyanates is 1. The number of benzene rings is 2. The van der Waals surface area contributed by atoms with Crippen molar-refractivity contribution in [3.05, 3.63) is 63.6 Å². The first-order valence-corrected chi connectivity index (χ1v) is 9.19. The van der Waals surface area contributed by atoms with Crippen molar-refractivity contribution in [1.29, 1.82) is 0 Å². The summed E-state index contributed by atoms with van der Waals surface area (Å²) in [4.78, 5) is 39.0. The van der Waals surface area contributed by atoms with Gasteiger partial charge in [0, 0.05) is 6.42 Å². The number of rotatable bonds is 7. The van der Waals surface area contributed by atoms with Crippen LogP contribution in [0.15, 0.2) is 47.5 Å². The highest BCUT2D eigenvalue weighted by atomic mass is 35.5. The van der Waals surface area contributed by atoms with Gasteiger partial charge in [0.2, 0.25) is 6.08 Å². The highest BCUT2D eigenvalue weighted by Crippen LogP contribution is 2.24. The van der Waals surface area contributed by atoms with Gasteiger partial charge in [0.1, 0.15) is 6.04 Å². The second-order valence-electron chi connectivity index (χ2n) is 6.18. The standard InChI is InChI=1S/C20H18Cl2N2O4/c1-12(2)28-20(27)17(10-13-6-8-14(9-7-13)23-11-25)24-19(26)18-15(21)4-3-5-16(18)22/h3-9,12,17H,10H2,1-2H3,(H,24,26)/t17-/m0/s1. The van der Waals surface area contributed by atoms with Gasteiger partial charge < -0.3 is 10.1 Å². The molecule has 1 amide bonds. The fourth-order valence-electron chi connectivity index (χ4n) is 2.45. The first-order chi connectivity index (χ1) is 13.3. The molecule has 0 aliphatic rings. The highest BCUT2D eigenvalue weighted by Gasteiger charge is 2.26. The van der Waals surface area contributed by atoms with Crippen molar-refractivity contribution in [3.8, 4) is 0 Å². The molecule has 0 heterocycles. The van der Waals surface area contributed by atoms with Crippen LogP contribution >= 0.6 is 23.2 Å². The molecule has 1 N–H and O–H groups in total. The Balaban J connectivity index is 2.25. The Morgan fingerprint density at radius 2 is 1.71 bits per heavy atom. The fourth-order valence-corrected chi connectivity index (χ4v) is 3.02. The Bertz CT molecular complexity index is 887. The first kappa shape index (κ1) is 21.6. The van der Waals surface area contributed by atoms with Crippen molar-refractivity contribution < 1.29 is 19.1 Å². The summed E-state index contributed by atoms with van der Waals surface area (Å²) in [5, 5.41) is 3.00. The first-order valence-electron chi connectivity index (χ1n) is 8.44. The van der Waals surface area contributed by atoms with E-state index in [1.807, 2.05) is 0 Å². The van der Waals surface area contributed by atoms with Crippen LogP contribution in [0.3, 0.4) is 0 Å². The summed E-state index contributed by atoms with van der Waals surface area (Å²) in [5.74, 6) is -1.16. The van der Waals surface area contributed by atoms with Crippen LogP contribution in [0.1, 0.15) is 29.8 Å². The van der Waals surface area contributed by atoms with Gasteiger partial charge >= 0.3 is 5.97 Å². The van der Waals surface area contributed by atoms with Gasteiger partial charge in [-0.25, -0.2) is 9.59 Å². The van der Waals surface area contributed by atoms with Crippen molar-refractivity contribution in [2.75, 3.05) is 0 Å². The molecule has 2 aromatic rings. The summed E-state index contributed by atoms with van der Waals surface area (Å²) in [6.07, 6.45) is 1.28. The molecule has 2 rings (SSSR count). The number of nitrogens with zero attached hydrogens (tertiary/aromatic N) is 1. The molecule has 1 atom stereocenters. The maximum absolute atomic E-state index is 12.7. The third-order valence-electron chi connectivity index (χ3n) is 3.68. The molecule has 6 nitrogen and oxygen atoms in total. The van der Waals surface area contributed by atoms with Gasteiger partial charge in [-0.15, -0.1) is 0 Å². The van der Waals surface area contributed by atoms with Crippen molar-refractivity contribution in [1.82, 2.24) is 5.32 Å². The van der Waals surface area contributed by atoms with E-state index in [0.717, 1.165) is 5.56 Å². The summed E-state index contributed by atoms with van der Waals surface area (Å²) >= 11 is 12.2. The van der Waals surface area contributed by atoms with Gasteiger partial charge in [-0.2, -0.15) is 4.99 Å². The Morgan fingerprint density at radius 3 is 2.25 bits per heavy atom. The fraction of sp³-hybridized carbons (Fsp3) is 0.250. The number of carbonyl (C=O) groups is 2. The lowest BCUT2D eigenvalue weighted by atomic mass is 10.0. The monoisotopic (exact) mass is 420 g/mol. The van der Waals surface area contributed by atoms with Gasteiger partial charge in [0.15, 0.2) is 0 Å². The number of esters is 1. The molecule has 0 saturated carbocycles. The molecule has 28 heavy (non-hydrogen) atoms. The van der Waals surface area contributed by atoms with Crippen LogP contribution < -0.4 is 5.32 Å². The van der Waals surface area contributed by atoms with Crippen LogP contribution in [0.5, 0.6) is 0 Å². The SMILES string of the molecule is CC(C)OC(=O)[C@H](Cc1ccc(N=C=O)cc1)NC(=O)c1c(Cl)cccc1Cl. The predicted molar refractivity (Wildman–Crippen MR) is 107 cm³/mol. The number of hydrogen-bond acceptors (Lipinski definition) is 5. The Labute approximate surface area is 172 Å². The van der Waals surface area contributed by atoms with Crippen LogP contribution in [0, 0.1) is 0 Å². The summed E-state index contributed by atoms with van der Waals surface area (Å²) in [6, 6.07) is 10.3. The average molecular weight is 421 g/mol. The number of ether oxygens (including phenoxy) is 1. The van der Waals surface area contributed by atoms with E-state index >= 15 is 0 Å². The third-order valence-corrected chi connectivity index (χ3v) is 4.31. The number of carbonyl (C=O) groups excluding carboxylic acids is 3. The summed E-state index contributed by atoms with van der Waals surface area (Å²) in [7, 11) is 0. The quantitative estimate of drug-likeness (QED) is 0.412. The zero-order valence-electron chi connectivity index (χ0n) is 15.2. The molecule has 146 valence electrons. The number of amides is 1. The molecule has 0 aliphatic carbocycles. The van der Waals surface area contributed by atoms with Gasteiger partial charge in [-0.3, -0.25) is 4.79 Å². The highest BCUT2D eigenvalue weighted by molar-refractivity contribution is 6.39. The smallest absolute Gasteiger partial charge is 0.329 e. The van der Waals surface area contributed by atoms with Crippen LogP contribution in [-0.2, 0) is 20.7 Å². The maximum Gasteiger partial charge on any atom is 0.329 e. The van der Waals surface area contributed by atoms with Gasteiger partial charge in [0.05, 0.1) is 27.4 Å². The predicted octanol–water partition coefficient (Wildman–Crippen LogP) is 4.25. The van der Waals surface area contributed by atoms with E-state index in [2.05, 4.69) is 10.3 Å². The molecule has 0 spiro atoms. The van der Waals surface area contributed by atoms with E-state index in [1.54, 1.807) is 44.2 Å². The topological polar surface area (TPSA) is 84.8 Å². The lowest BCUT2D eigenvalue weighted by molar-refractivity contribution is -0.149. The molecule has 0 unspecified atom stereocenters. The van der Waals surface area contributed by atoms with E-state index in [1.165, 1.54) is 18.2 Å².